The van der Waals surface area contributed by atoms with Crippen molar-refractivity contribution in [2.45, 2.75) is 11.8 Å². The Bertz CT molecular complexity index is 890. The number of likely N-dealkylation sites (N-methyl/N-ethyl adjacent to an activating group) is 1. The van der Waals surface area contributed by atoms with Gasteiger partial charge in [-0.15, -0.1) is 0 Å². The minimum absolute atomic E-state index is 0.0502. The molecule has 0 saturated carbocycles. The zero-order valence-corrected chi connectivity index (χ0v) is 15.1. The van der Waals surface area contributed by atoms with Crippen LogP contribution in [0.2, 0.25) is 0 Å². The molecule has 2 rings (SSSR count). The molecule has 0 atom stereocenters. The number of nitrogens with one attached hydrogen (secondary N) is 1. The number of carbonyl (C=O) groups is 2. The molecule has 0 spiro atoms. The van der Waals surface area contributed by atoms with E-state index in [-0.39, 0.29) is 22.9 Å². The van der Waals surface area contributed by atoms with E-state index in [1.165, 1.54) is 24.1 Å². The van der Waals surface area contributed by atoms with Gasteiger partial charge >= 0.3 is 0 Å². The van der Waals surface area contributed by atoms with Crippen molar-refractivity contribution in [2.24, 2.45) is 0 Å². The molecule has 2 amide bonds. The van der Waals surface area contributed by atoms with Crippen LogP contribution >= 0.6 is 0 Å². The first-order chi connectivity index (χ1) is 11.7. The fraction of sp³-hybridized carbons (Fsp3) is 0.222. The molecule has 25 heavy (non-hydrogen) atoms. The summed E-state index contributed by atoms with van der Waals surface area (Å²) in [6.07, 6.45) is 1.04. The molecule has 0 fully saturated rings. The molecule has 132 valence electrons. The fourth-order valence-electron chi connectivity index (χ4n) is 2.30. The van der Waals surface area contributed by atoms with Gasteiger partial charge in [0, 0.05) is 19.0 Å². The summed E-state index contributed by atoms with van der Waals surface area (Å²) in [4.78, 5) is 25.8. The SMILES string of the molecule is Cc1ccc(NC(=O)CN(C)C(=O)c2ccccc2S(C)(=O)=O)cc1. The van der Waals surface area contributed by atoms with E-state index in [0.29, 0.717) is 5.69 Å². The number of hydrogen-bond acceptors (Lipinski definition) is 4. The second-order valence-electron chi connectivity index (χ2n) is 5.84. The number of anilines is 1. The second kappa shape index (κ2) is 7.48. The van der Waals surface area contributed by atoms with Gasteiger partial charge in [0.2, 0.25) is 5.91 Å². The van der Waals surface area contributed by atoms with Crippen LogP contribution in [0.4, 0.5) is 5.69 Å². The molecule has 2 aromatic carbocycles. The molecule has 0 bridgehead atoms. The van der Waals surface area contributed by atoms with Gasteiger partial charge in [0.1, 0.15) is 0 Å². The number of benzene rings is 2. The lowest BCUT2D eigenvalue weighted by atomic mass is 10.2. The van der Waals surface area contributed by atoms with Gasteiger partial charge in [-0.3, -0.25) is 9.59 Å². The number of aryl methyl sites for hydroxylation is 1. The molecule has 0 aliphatic heterocycles. The summed E-state index contributed by atoms with van der Waals surface area (Å²) in [7, 11) is -2.09. The number of rotatable bonds is 5. The van der Waals surface area contributed by atoms with Crippen molar-refractivity contribution >= 4 is 27.3 Å². The van der Waals surface area contributed by atoms with Crippen LogP contribution in [0.5, 0.6) is 0 Å². The molecule has 6 nitrogen and oxygen atoms in total. The summed E-state index contributed by atoms with van der Waals surface area (Å²) in [6, 6.07) is 13.2. The summed E-state index contributed by atoms with van der Waals surface area (Å²) >= 11 is 0. The first-order valence-corrected chi connectivity index (χ1v) is 9.48. The number of hydrogen-bond donors (Lipinski definition) is 1. The summed E-state index contributed by atoms with van der Waals surface area (Å²) in [6.45, 7) is 1.75. The maximum Gasteiger partial charge on any atom is 0.255 e. The molecule has 2 aromatic rings. The molecule has 7 heteroatoms. The van der Waals surface area contributed by atoms with Crippen molar-refractivity contribution < 1.29 is 18.0 Å². The third kappa shape index (κ3) is 4.90. The van der Waals surface area contributed by atoms with Crippen LogP contribution in [0.25, 0.3) is 0 Å². The predicted octanol–water partition coefficient (Wildman–Crippen LogP) is 2.11. The summed E-state index contributed by atoms with van der Waals surface area (Å²) in [5.74, 6) is -0.892. The van der Waals surface area contributed by atoms with Crippen molar-refractivity contribution in [3.8, 4) is 0 Å². The Morgan fingerprint density at radius 2 is 1.64 bits per heavy atom. The Hall–Kier alpha value is -2.67. The third-order valence-corrected chi connectivity index (χ3v) is 4.73. The van der Waals surface area contributed by atoms with Crippen LogP contribution in [0.3, 0.4) is 0 Å². The van der Waals surface area contributed by atoms with Crippen LogP contribution in [0.15, 0.2) is 53.4 Å². The van der Waals surface area contributed by atoms with Crippen LogP contribution < -0.4 is 5.32 Å². The van der Waals surface area contributed by atoms with Crippen LogP contribution in [-0.4, -0.2) is 45.0 Å². The van der Waals surface area contributed by atoms with Gasteiger partial charge in [0.05, 0.1) is 17.0 Å². The van der Waals surface area contributed by atoms with Crippen molar-refractivity contribution in [3.05, 3.63) is 59.7 Å². The molecule has 0 radical (unpaired) electrons. The average molecular weight is 360 g/mol. The van der Waals surface area contributed by atoms with E-state index in [1.807, 2.05) is 19.1 Å². The lowest BCUT2D eigenvalue weighted by molar-refractivity contribution is -0.116. The molecule has 0 unspecified atom stereocenters. The standard InChI is InChI=1S/C18H20N2O4S/c1-13-8-10-14(11-9-13)19-17(21)12-20(2)18(22)15-6-4-5-7-16(15)25(3,23)24/h4-11H,12H2,1-3H3,(H,19,21). The van der Waals surface area contributed by atoms with Crippen LogP contribution in [0.1, 0.15) is 15.9 Å². The van der Waals surface area contributed by atoms with Crippen molar-refractivity contribution in [3.63, 3.8) is 0 Å². The molecule has 0 aliphatic rings. The van der Waals surface area contributed by atoms with Crippen molar-refractivity contribution in [1.29, 1.82) is 0 Å². The maximum atomic E-state index is 12.5. The minimum Gasteiger partial charge on any atom is -0.332 e. The quantitative estimate of drug-likeness (QED) is 0.885. The van der Waals surface area contributed by atoms with Gasteiger partial charge in [-0.05, 0) is 31.2 Å². The Balaban J connectivity index is 2.10. The van der Waals surface area contributed by atoms with E-state index >= 15 is 0 Å². The number of amides is 2. The Morgan fingerprint density at radius 1 is 1.04 bits per heavy atom. The Labute approximate surface area is 147 Å². The van der Waals surface area contributed by atoms with E-state index in [2.05, 4.69) is 5.32 Å². The Kier molecular flexibility index (Phi) is 5.58. The normalized spacial score (nSPS) is 11.0. The van der Waals surface area contributed by atoms with E-state index in [0.717, 1.165) is 11.8 Å². The van der Waals surface area contributed by atoms with E-state index in [1.54, 1.807) is 24.3 Å². The summed E-state index contributed by atoms with van der Waals surface area (Å²) in [5, 5.41) is 2.70. The molecule has 1 N–H and O–H groups in total. The lowest BCUT2D eigenvalue weighted by Gasteiger charge is -2.18. The highest BCUT2D eigenvalue weighted by Gasteiger charge is 2.22. The van der Waals surface area contributed by atoms with Gasteiger partial charge in [-0.2, -0.15) is 0 Å². The summed E-state index contributed by atoms with van der Waals surface area (Å²) < 4.78 is 23.6. The lowest BCUT2D eigenvalue weighted by Crippen LogP contribution is -2.35. The van der Waals surface area contributed by atoms with Crippen molar-refractivity contribution in [2.75, 3.05) is 25.2 Å². The average Bonchev–Trinajstić information content (AvgIpc) is 2.55. The number of sulfone groups is 1. The van der Waals surface area contributed by atoms with Crippen molar-refractivity contribution in [1.82, 2.24) is 4.90 Å². The Morgan fingerprint density at radius 3 is 2.24 bits per heavy atom. The minimum atomic E-state index is -3.54. The van der Waals surface area contributed by atoms with Gasteiger partial charge in [0.25, 0.3) is 5.91 Å². The molecule has 0 heterocycles. The molecule has 0 aromatic heterocycles. The monoisotopic (exact) mass is 360 g/mol. The van der Waals surface area contributed by atoms with E-state index < -0.39 is 15.7 Å². The zero-order chi connectivity index (χ0) is 18.6. The van der Waals surface area contributed by atoms with Gasteiger partial charge < -0.3 is 10.2 Å². The predicted molar refractivity (Wildman–Crippen MR) is 96.3 cm³/mol. The number of carbonyl (C=O) groups excluding carboxylic acids is 2. The topological polar surface area (TPSA) is 83.6 Å². The van der Waals surface area contributed by atoms with Gasteiger partial charge in [0.15, 0.2) is 9.84 Å². The zero-order valence-electron chi connectivity index (χ0n) is 14.3. The largest absolute Gasteiger partial charge is 0.332 e. The molecule has 0 aliphatic carbocycles. The molecular formula is C18H20N2O4S. The van der Waals surface area contributed by atoms with E-state index in [9.17, 15) is 18.0 Å². The fourth-order valence-corrected chi connectivity index (χ4v) is 3.18. The third-order valence-electron chi connectivity index (χ3n) is 3.58. The van der Waals surface area contributed by atoms with Gasteiger partial charge in [-0.1, -0.05) is 29.8 Å². The highest BCUT2D eigenvalue weighted by atomic mass is 32.2. The second-order valence-corrected chi connectivity index (χ2v) is 7.83. The highest BCUT2D eigenvalue weighted by Crippen LogP contribution is 2.17. The first kappa shape index (κ1) is 18.7. The summed E-state index contributed by atoms with van der Waals surface area (Å²) in [5.41, 5.74) is 1.76. The van der Waals surface area contributed by atoms with Crippen LogP contribution in [-0.2, 0) is 14.6 Å². The maximum absolute atomic E-state index is 12.5. The molecular weight excluding hydrogens is 340 g/mol. The van der Waals surface area contributed by atoms with Gasteiger partial charge in [-0.25, -0.2) is 8.42 Å². The number of nitrogens with zero attached hydrogens (tertiary/aromatic N) is 1. The highest BCUT2D eigenvalue weighted by molar-refractivity contribution is 7.90. The first-order valence-electron chi connectivity index (χ1n) is 7.59. The van der Waals surface area contributed by atoms with Crippen LogP contribution in [0, 0.1) is 6.92 Å². The smallest absolute Gasteiger partial charge is 0.255 e. The van der Waals surface area contributed by atoms with E-state index in [4.69, 9.17) is 0 Å². The molecule has 0 saturated heterocycles.